The normalized spacial score (nSPS) is 12.8. The summed E-state index contributed by atoms with van der Waals surface area (Å²) in [5.74, 6) is -2.10. The number of carbonyl (C=O) groups excluding carboxylic acids is 1. The second-order valence-corrected chi connectivity index (χ2v) is 11.0. The number of sulfonamides is 1. The molecule has 204 valence electrons. The summed E-state index contributed by atoms with van der Waals surface area (Å²) < 4.78 is 29.1. The molecular weight excluding hydrogens is 556 g/mol. The van der Waals surface area contributed by atoms with E-state index in [9.17, 15) is 23.1 Å². The number of aromatic nitrogens is 2. The number of aliphatic imine (C=N–C) groups is 1. The maximum atomic E-state index is 13.3. The van der Waals surface area contributed by atoms with E-state index in [2.05, 4.69) is 30.5 Å². The number of halogens is 1. The van der Waals surface area contributed by atoms with Crippen LogP contribution >= 0.6 is 22.9 Å². The molecule has 38 heavy (non-hydrogen) atoms. The molecule has 2 heterocycles. The van der Waals surface area contributed by atoms with Gasteiger partial charge in [0.05, 0.1) is 34.3 Å². The maximum absolute atomic E-state index is 13.3. The second-order valence-electron chi connectivity index (χ2n) is 8.08. The number of carboxylic acids is 1. The number of hydrogen-bond donors (Lipinski definition) is 7. The number of aromatic amines is 1. The smallest absolute Gasteiger partial charge is 0.326 e. The summed E-state index contributed by atoms with van der Waals surface area (Å²) in [6, 6.07) is 6.05. The summed E-state index contributed by atoms with van der Waals surface area (Å²) in [5, 5.41) is 23.6. The number of guanidine groups is 1. The van der Waals surface area contributed by atoms with Crippen LogP contribution < -0.4 is 26.8 Å². The number of para-hydroxylation sites is 1. The number of amides is 1. The molecule has 0 spiro atoms. The third-order valence-electron chi connectivity index (χ3n) is 5.27. The Morgan fingerprint density at radius 2 is 1.97 bits per heavy atom. The highest BCUT2D eigenvalue weighted by Gasteiger charge is 2.26. The van der Waals surface area contributed by atoms with Crippen LogP contribution in [-0.2, 0) is 14.8 Å². The molecule has 0 radical (unpaired) electrons. The quantitative estimate of drug-likeness (QED) is 0.0891. The molecule has 13 nitrogen and oxygen atoms in total. The highest BCUT2D eigenvalue weighted by Crippen LogP contribution is 2.31. The fourth-order valence-electron chi connectivity index (χ4n) is 3.46. The van der Waals surface area contributed by atoms with E-state index in [1.54, 1.807) is 25.1 Å². The van der Waals surface area contributed by atoms with E-state index in [0.717, 1.165) is 11.3 Å². The molecular formula is C22H27ClN8O5S2. The van der Waals surface area contributed by atoms with E-state index < -0.39 is 34.0 Å². The topological polar surface area (TPSA) is 218 Å². The summed E-state index contributed by atoms with van der Waals surface area (Å²) in [6.45, 7) is 1.98. The summed E-state index contributed by atoms with van der Waals surface area (Å²) in [7, 11) is -4.16. The molecule has 1 unspecified atom stereocenters. The molecule has 0 aliphatic carbocycles. The van der Waals surface area contributed by atoms with Crippen molar-refractivity contribution in [2.24, 2.45) is 16.5 Å². The Bertz CT molecular complexity index is 1420. The van der Waals surface area contributed by atoms with E-state index in [1.165, 1.54) is 23.7 Å². The van der Waals surface area contributed by atoms with Crippen LogP contribution in [0.15, 0.2) is 51.8 Å². The van der Waals surface area contributed by atoms with Gasteiger partial charge in [0.2, 0.25) is 0 Å². The summed E-state index contributed by atoms with van der Waals surface area (Å²) >= 11 is 7.09. The lowest BCUT2D eigenvalue weighted by Gasteiger charge is -2.18. The number of aliphatic carboxylic acids is 1. The van der Waals surface area contributed by atoms with Crippen molar-refractivity contribution in [3.05, 3.63) is 57.5 Å². The average molecular weight is 583 g/mol. The zero-order valence-electron chi connectivity index (χ0n) is 20.1. The summed E-state index contributed by atoms with van der Waals surface area (Å²) in [5.41, 5.74) is 11.4. The first-order valence-electron chi connectivity index (χ1n) is 11.2. The number of nitrogens with two attached hydrogens (primary N) is 2. The minimum atomic E-state index is -4.16. The van der Waals surface area contributed by atoms with Gasteiger partial charge in [-0.3, -0.25) is 19.6 Å². The van der Waals surface area contributed by atoms with Gasteiger partial charge >= 0.3 is 5.97 Å². The zero-order chi connectivity index (χ0) is 27.9. The van der Waals surface area contributed by atoms with Crippen LogP contribution in [-0.4, -0.2) is 54.1 Å². The van der Waals surface area contributed by atoms with E-state index in [1.807, 2.05) is 0 Å². The predicted octanol–water partition coefficient (Wildman–Crippen LogP) is 2.34. The lowest BCUT2D eigenvalue weighted by Crippen LogP contribution is -2.40. The van der Waals surface area contributed by atoms with E-state index in [4.69, 9.17) is 23.1 Å². The van der Waals surface area contributed by atoms with Crippen LogP contribution in [0, 0.1) is 0 Å². The number of hydrogen-bond acceptors (Lipinski definition) is 8. The lowest BCUT2D eigenvalue weighted by atomic mass is 10.1. The van der Waals surface area contributed by atoms with Crippen LogP contribution in [0.2, 0.25) is 5.02 Å². The Kier molecular flexibility index (Phi) is 9.55. The summed E-state index contributed by atoms with van der Waals surface area (Å²) in [4.78, 5) is 28.2. The van der Waals surface area contributed by atoms with Crippen LogP contribution in [0.3, 0.4) is 0 Å². The van der Waals surface area contributed by atoms with Crippen LogP contribution in [0.5, 0.6) is 0 Å². The van der Waals surface area contributed by atoms with Crippen molar-refractivity contribution in [1.29, 1.82) is 0 Å². The molecule has 0 fully saturated rings. The van der Waals surface area contributed by atoms with Crippen LogP contribution in [0.4, 0.5) is 11.4 Å². The first-order valence-corrected chi connectivity index (χ1v) is 14.0. The van der Waals surface area contributed by atoms with Crippen molar-refractivity contribution < 1.29 is 23.1 Å². The number of thiophene rings is 1. The number of carbonyl (C=O) groups is 2. The first-order chi connectivity index (χ1) is 18.0. The Morgan fingerprint density at radius 3 is 2.63 bits per heavy atom. The molecule has 1 amide bonds. The van der Waals surface area contributed by atoms with Gasteiger partial charge in [-0.2, -0.15) is 5.10 Å². The minimum Gasteiger partial charge on any atom is -0.480 e. The standard InChI is InChI=1S/C22H27ClN8O5S2/c1-12(18-13(23)11-27-30-18)28-14-5-2-3-7-17(14)38(35,36)31-15-8-10-37-19(15)20(32)29-16(21(33)34)6-4-9-26-22(24)25/h2-3,5,7-8,10-12,16,28,31H,4,6,9H2,1H3,(H,27,30)(H,29,32)(H,33,34)(H4,24,25,26)/t12?,16-/m0/s1. The van der Waals surface area contributed by atoms with Gasteiger partial charge in [0.25, 0.3) is 15.9 Å². The minimum absolute atomic E-state index is 0.00657. The molecule has 0 aliphatic heterocycles. The molecule has 3 rings (SSSR count). The molecule has 0 bridgehead atoms. The SMILES string of the molecule is CC(Nc1ccccc1S(=O)(=O)Nc1ccsc1C(=O)N[C@@H](CCCN=C(N)N)C(=O)O)c1[nH]ncc1Cl. The number of nitrogens with one attached hydrogen (secondary N) is 4. The third-order valence-corrected chi connectivity index (χ3v) is 7.90. The average Bonchev–Trinajstić information content (AvgIpc) is 3.49. The molecule has 0 aliphatic rings. The highest BCUT2D eigenvalue weighted by atomic mass is 35.5. The Labute approximate surface area is 227 Å². The largest absolute Gasteiger partial charge is 0.480 e. The molecule has 0 saturated carbocycles. The summed E-state index contributed by atoms with van der Waals surface area (Å²) in [6.07, 6.45) is 1.83. The number of nitrogens with zero attached hydrogens (tertiary/aromatic N) is 2. The Hall–Kier alpha value is -3.82. The maximum Gasteiger partial charge on any atom is 0.326 e. The van der Waals surface area contributed by atoms with Crippen LogP contribution in [0.25, 0.3) is 0 Å². The van der Waals surface area contributed by atoms with Crippen molar-refractivity contribution in [2.45, 2.75) is 36.7 Å². The third kappa shape index (κ3) is 7.36. The fourth-order valence-corrected chi connectivity index (χ4v) is 5.78. The molecule has 2 aromatic heterocycles. The first kappa shape index (κ1) is 28.7. The van der Waals surface area contributed by atoms with Gasteiger partial charge in [-0.1, -0.05) is 23.7 Å². The molecule has 2 atom stereocenters. The number of benzene rings is 1. The van der Waals surface area contributed by atoms with Gasteiger partial charge in [0.1, 0.15) is 15.8 Å². The number of rotatable bonds is 13. The van der Waals surface area contributed by atoms with Gasteiger partial charge in [0.15, 0.2) is 5.96 Å². The van der Waals surface area contributed by atoms with Gasteiger partial charge in [-0.25, -0.2) is 13.2 Å². The molecule has 0 saturated heterocycles. The molecule has 1 aromatic carbocycles. The van der Waals surface area contributed by atoms with Crippen molar-refractivity contribution in [1.82, 2.24) is 15.5 Å². The van der Waals surface area contributed by atoms with Crippen molar-refractivity contribution in [3.8, 4) is 0 Å². The van der Waals surface area contributed by atoms with Crippen molar-refractivity contribution in [3.63, 3.8) is 0 Å². The Morgan fingerprint density at radius 1 is 1.24 bits per heavy atom. The van der Waals surface area contributed by atoms with Crippen molar-refractivity contribution in [2.75, 3.05) is 16.6 Å². The predicted molar refractivity (Wildman–Crippen MR) is 146 cm³/mol. The second kappa shape index (κ2) is 12.6. The number of anilines is 2. The van der Waals surface area contributed by atoms with E-state index in [0.29, 0.717) is 22.8 Å². The Balaban J connectivity index is 1.76. The van der Waals surface area contributed by atoms with Gasteiger partial charge < -0.3 is 27.2 Å². The van der Waals surface area contributed by atoms with Crippen molar-refractivity contribution >= 4 is 62.2 Å². The van der Waals surface area contributed by atoms with Crippen LogP contribution in [0.1, 0.15) is 41.2 Å². The monoisotopic (exact) mass is 582 g/mol. The van der Waals surface area contributed by atoms with E-state index in [-0.39, 0.29) is 34.4 Å². The zero-order valence-corrected chi connectivity index (χ0v) is 22.5. The molecule has 3 aromatic rings. The lowest BCUT2D eigenvalue weighted by molar-refractivity contribution is -0.139. The molecule has 16 heteroatoms. The number of H-pyrrole nitrogens is 1. The molecule has 9 N–H and O–H groups in total. The highest BCUT2D eigenvalue weighted by molar-refractivity contribution is 7.93. The van der Waals surface area contributed by atoms with Gasteiger partial charge in [-0.05, 0) is 43.3 Å². The van der Waals surface area contributed by atoms with Gasteiger partial charge in [-0.15, -0.1) is 11.3 Å². The number of carboxylic acid groups (broad SMARTS) is 1. The van der Waals surface area contributed by atoms with Gasteiger partial charge in [0, 0.05) is 6.54 Å². The van der Waals surface area contributed by atoms with E-state index >= 15 is 0 Å². The fraction of sp³-hybridized carbons (Fsp3) is 0.273.